The van der Waals surface area contributed by atoms with E-state index in [0.29, 0.717) is 49.1 Å². The van der Waals surface area contributed by atoms with Crippen LogP contribution in [0.3, 0.4) is 0 Å². The van der Waals surface area contributed by atoms with Gasteiger partial charge in [-0.05, 0) is 45.4 Å². The number of aromatic amines is 1. The molecule has 4 heterocycles. The van der Waals surface area contributed by atoms with E-state index in [2.05, 4.69) is 20.5 Å². The molecule has 0 amide bonds. The number of carboxylic acid groups (broad SMARTS) is 1. The predicted octanol–water partition coefficient (Wildman–Crippen LogP) is 5.37. The van der Waals surface area contributed by atoms with Gasteiger partial charge < -0.3 is 15.2 Å². The first-order chi connectivity index (χ1) is 18.5. The minimum absolute atomic E-state index is 0.0541. The number of piperidine rings is 1. The molecule has 3 aromatic rings. The van der Waals surface area contributed by atoms with Crippen LogP contribution in [0.5, 0.6) is 0 Å². The van der Waals surface area contributed by atoms with E-state index >= 15 is 4.39 Å². The van der Waals surface area contributed by atoms with E-state index in [9.17, 15) is 14.3 Å². The number of carboxylic acids is 1. The van der Waals surface area contributed by atoms with Crippen molar-refractivity contribution in [2.24, 2.45) is 5.41 Å². The molecule has 0 unspecified atom stereocenters. The molecule has 8 nitrogen and oxygen atoms in total. The number of ether oxygens (including phenoxy) is 1. The number of likely N-dealkylation sites (tertiary alicyclic amines) is 1. The van der Waals surface area contributed by atoms with E-state index in [4.69, 9.17) is 16.3 Å². The molecule has 2 aromatic heterocycles. The zero-order chi connectivity index (χ0) is 27.9. The highest BCUT2D eigenvalue weighted by atomic mass is 35.5. The Kier molecular flexibility index (Phi) is 7.39. The quantitative estimate of drug-likeness (QED) is 0.341. The van der Waals surface area contributed by atoms with Crippen LogP contribution >= 0.6 is 11.6 Å². The third-order valence-electron chi connectivity index (χ3n) is 8.03. The summed E-state index contributed by atoms with van der Waals surface area (Å²) in [5.74, 6) is -1.04. The van der Waals surface area contributed by atoms with Crippen molar-refractivity contribution in [3.63, 3.8) is 0 Å². The van der Waals surface area contributed by atoms with Crippen molar-refractivity contribution in [2.45, 2.75) is 58.0 Å². The van der Waals surface area contributed by atoms with Gasteiger partial charge in [0.05, 0.1) is 29.3 Å². The van der Waals surface area contributed by atoms with Gasteiger partial charge in [0.2, 0.25) is 0 Å². The molecule has 0 spiro atoms. The van der Waals surface area contributed by atoms with Gasteiger partial charge in [-0.2, -0.15) is 5.10 Å². The fourth-order valence-electron chi connectivity index (χ4n) is 5.63. The van der Waals surface area contributed by atoms with Gasteiger partial charge >= 0.3 is 5.97 Å². The lowest BCUT2D eigenvalue weighted by Crippen LogP contribution is -2.50. The molecule has 2 saturated heterocycles. The number of hydrogen-bond acceptors (Lipinski definition) is 6. The van der Waals surface area contributed by atoms with E-state index in [1.54, 1.807) is 24.3 Å². The Bertz CT molecular complexity index is 1400. The number of hydrogen-bond donors (Lipinski definition) is 3. The van der Waals surface area contributed by atoms with Crippen molar-refractivity contribution < 1.29 is 23.4 Å². The minimum atomic E-state index is -1.23. The molecule has 0 aliphatic carbocycles. The number of anilines is 2. The highest BCUT2D eigenvalue weighted by Gasteiger charge is 2.46. The van der Waals surface area contributed by atoms with Crippen molar-refractivity contribution in [3.05, 3.63) is 69.5 Å². The molecule has 2 atom stereocenters. The molecule has 208 valence electrons. The smallest absolute Gasteiger partial charge is 0.310 e. The Morgan fingerprint density at radius 3 is 2.67 bits per heavy atom. The van der Waals surface area contributed by atoms with Crippen molar-refractivity contribution >= 4 is 29.2 Å². The Morgan fingerprint density at radius 1 is 1.28 bits per heavy atom. The molecule has 0 bridgehead atoms. The molecular formula is C28H32ClF2N5O3. The number of carbonyl (C=O) groups is 1. The lowest BCUT2D eigenvalue weighted by Gasteiger charge is -2.43. The number of rotatable bonds is 8. The van der Waals surface area contributed by atoms with Crippen LogP contribution in [0, 0.1) is 24.0 Å². The van der Waals surface area contributed by atoms with Crippen LogP contribution in [-0.2, 0) is 27.9 Å². The number of nitrogens with one attached hydrogen (secondary N) is 2. The Hall–Kier alpha value is -3.08. The van der Waals surface area contributed by atoms with Crippen LogP contribution in [0.25, 0.3) is 0 Å². The fourth-order valence-corrected chi connectivity index (χ4v) is 5.82. The highest BCUT2D eigenvalue weighted by molar-refractivity contribution is 6.30. The Labute approximate surface area is 230 Å². The number of pyridine rings is 1. The summed E-state index contributed by atoms with van der Waals surface area (Å²) < 4.78 is 35.9. The maximum absolute atomic E-state index is 16.0. The maximum atomic E-state index is 16.0. The van der Waals surface area contributed by atoms with Crippen LogP contribution < -0.4 is 5.32 Å². The van der Waals surface area contributed by atoms with E-state index < -0.39 is 28.4 Å². The van der Waals surface area contributed by atoms with Crippen molar-refractivity contribution in [2.75, 3.05) is 25.1 Å². The molecule has 5 rings (SSSR count). The molecule has 2 fully saturated rings. The van der Waals surface area contributed by atoms with E-state index in [-0.39, 0.29) is 36.0 Å². The average molecular weight is 560 g/mol. The van der Waals surface area contributed by atoms with Crippen molar-refractivity contribution in [3.8, 4) is 0 Å². The number of H-pyrrole nitrogens is 1. The van der Waals surface area contributed by atoms with Gasteiger partial charge in [-0.15, -0.1) is 0 Å². The minimum Gasteiger partial charge on any atom is -0.481 e. The van der Waals surface area contributed by atoms with E-state index in [1.807, 2.05) is 25.7 Å². The molecule has 39 heavy (non-hydrogen) atoms. The van der Waals surface area contributed by atoms with Crippen LogP contribution in [0.1, 0.15) is 49.2 Å². The topological polar surface area (TPSA) is 103 Å². The Balaban J connectivity index is 1.43. The van der Waals surface area contributed by atoms with Gasteiger partial charge in [0.25, 0.3) is 0 Å². The van der Waals surface area contributed by atoms with Crippen LogP contribution in [-0.4, -0.2) is 57.0 Å². The zero-order valence-corrected chi connectivity index (χ0v) is 22.9. The summed E-state index contributed by atoms with van der Waals surface area (Å²) in [5, 5.41) is 20.6. The number of benzene rings is 1. The second-order valence-corrected chi connectivity index (χ2v) is 11.6. The van der Waals surface area contributed by atoms with Crippen LogP contribution in [0.15, 0.2) is 30.3 Å². The molecule has 0 radical (unpaired) electrons. The highest BCUT2D eigenvalue weighted by Crippen LogP contribution is 2.42. The van der Waals surface area contributed by atoms with Crippen LogP contribution in [0.4, 0.5) is 20.4 Å². The molecule has 1 aromatic carbocycles. The Morgan fingerprint density at radius 2 is 2.05 bits per heavy atom. The molecule has 2 aliphatic rings. The van der Waals surface area contributed by atoms with Gasteiger partial charge in [-0.1, -0.05) is 30.7 Å². The van der Waals surface area contributed by atoms with Gasteiger partial charge in [0.1, 0.15) is 17.5 Å². The summed E-state index contributed by atoms with van der Waals surface area (Å²) in [6.07, 6.45) is 0.455. The lowest BCUT2D eigenvalue weighted by atomic mass is 9.71. The molecule has 0 saturated carbocycles. The summed E-state index contributed by atoms with van der Waals surface area (Å²) >= 11 is 5.95. The third-order valence-corrected chi connectivity index (χ3v) is 8.32. The maximum Gasteiger partial charge on any atom is 0.310 e. The fraction of sp³-hybridized carbons (Fsp3) is 0.464. The number of halogens is 3. The largest absolute Gasteiger partial charge is 0.481 e. The normalized spacial score (nSPS) is 22.9. The first kappa shape index (κ1) is 27.5. The zero-order valence-electron chi connectivity index (χ0n) is 22.2. The summed E-state index contributed by atoms with van der Waals surface area (Å²) in [6.45, 7) is 7.15. The predicted molar refractivity (Wildman–Crippen MR) is 143 cm³/mol. The second kappa shape index (κ2) is 10.5. The van der Waals surface area contributed by atoms with Crippen molar-refractivity contribution in [1.29, 1.82) is 0 Å². The van der Waals surface area contributed by atoms with Gasteiger partial charge in [0, 0.05) is 47.3 Å². The summed E-state index contributed by atoms with van der Waals surface area (Å²) in [7, 11) is 0. The first-order valence-electron chi connectivity index (χ1n) is 13.0. The monoisotopic (exact) mass is 559 g/mol. The number of nitrogens with zero attached hydrogens (tertiary/aromatic N) is 3. The lowest BCUT2D eigenvalue weighted by molar-refractivity contribution is -0.153. The molecule has 11 heteroatoms. The van der Waals surface area contributed by atoms with Crippen molar-refractivity contribution in [1.82, 2.24) is 20.1 Å². The van der Waals surface area contributed by atoms with E-state index in [1.165, 1.54) is 6.07 Å². The van der Waals surface area contributed by atoms with Gasteiger partial charge in [-0.3, -0.25) is 14.8 Å². The molecule has 2 aliphatic heterocycles. The SMILES string of the molecule is Cc1cc(Nc2cc(C3(C)COC3)c(F)c(C[C@@]3(C(=O)O)CCN(Cc4cccc(Cl)c4F)[C@H](C)C3)n2)n[nH]1. The third kappa shape index (κ3) is 5.37. The standard InChI is InChI=1S/C28H32ClF2N5O3/c1-16-9-23(35-34-16)33-22-10-19(27(3)14-39-15-27)25(31)21(32-22)12-28(26(37)38)7-8-36(17(2)11-28)13-18-5-4-6-20(29)24(18)30/h4-6,9-10,17H,7-8,11-15H2,1-3H3,(H,37,38)(H2,32,33,34,35)/t17-,28-/m1/s1. The summed E-state index contributed by atoms with van der Waals surface area (Å²) in [5.41, 5.74) is 0.0797. The number of aliphatic carboxylic acids is 1. The average Bonchev–Trinajstić information content (AvgIpc) is 3.28. The number of aryl methyl sites for hydroxylation is 1. The summed E-state index contributed by atoms with van der Waals surface area (Å²) in [4.78, 5) is 19.3. The van der Waals surface area contributed by atoms with Gasteiger partial charge in [-0.25, -0.2) is 13.8 Å². The molecule has 3 N–H and O–H groups in total. The second-order valence-electron chi connectivity index (χ2n) is 11.2. The van der Waals surface area contributed by atoms with E-state index in [0.717, 1.165) is 5.69 Å². The van der Waals surface area contributed by atoms with Gasteiger partial charge in [0.15, 0.2) is 5.82 Å². The van der Waals surface area contributed by atoms with Crippen LogP contribution in [0.2, 0.25) is 5.02 Å². The molecular weight excluding hydrogens is 528 g/mol. The first-order valence-corrected chi connectivity index (χ1v) is 13.3. The number of aromatic nitrogens is 3. The summed E-state index contributed by atoms with van der Waals surface area (Å²) in [6, 6.07) is 8.14.